The summed E-state index contributed by atoms with van der Waals surface area (Å²) in [5.41, 5.74) is -0.113. The van der Waals surface area contributed by atoms with Crippen LogP contribution in [0.1, 0.15) is 32.1 Å². The zero-order valence-electron chi connectivity index (χ0n) is 16.7. The average Bonchev–Trinajstić information content (AvgIpc) is 2.92. The van der Waals surface area contributed by atoms with E-state index in [-0.39, 0.29) is 39.5 Å². The van der Waals surface area contributed by atoms with Crippen LogP contribution >= 0.6 is 0 Å². The van der Waals surface area contributed by atoms with Crippen LogP contribution in [0, 0.1) is 5.92 Å². The number of aliphatic hydroxyl groups is 1. The highest BCUT2D eigenvalue weighted by atomic mass is 32.2. The molecule has 1 aromatic carbocycles. The standard InChI is InChI=1S/C18H23N5O6S2/c1-30(26,27)21-10-7-8-12-14(9-10)31(28,29)22-17(20-12)15-16(24)11-5-3-2-4-6-13(11)23(19)18(15)25/h7-9,11,13,21,24H,2-6,19H2,1H3,(H,20,22). The Morgan fingerprint density at radius 2 is 1.97 bits per heavy atom. The number of carbonyl (C=O) groups is 1. The van der Waals surface area contributed by atoms with Gasteiger partial charge in [-0.2, -0.15) is 8.42 Å². The van der Waals surface area contributed by atoms with Crippen molar-refractivity contribution in [3.63, 3.8) is 0 Å². The molecule has 11 nitrogen and oxygen atoms in total. The van der Waals surface area contributed by atoms with E-state index in [2.05, 4.69) is 14.4 Å². The first-order valence-electron chi connectivity index (χ1n) is 9.73. The highest BCUT2D eigenvalue weighted by Crippen LogP contribution is 2.38. The second-order valence-corrected chi connectivity index (χ2v) is 11.2. The van der Waals surface area contributed by atoms with Crippen molar-refractivity contribution in [1.82, 2.24) is 5.01 Å². The van der Waals surface area contributed by atoms with E-state index in [1.807, 2.05) is 0 Å². The smallest absolute Gasteiger partial charge is 0.286 e. The van der Waals surface area contributed by atoms with Crippen LogP contribution in [0.25, 0.3) is 0 Å². The van der Waals surface area contributed by atoms with E-state index in [1.54, 1.807) is 0 Å². The summed E-state index contributed by atoms with van der Waals surface area (Å²) in [5.74, 6) is 4.42. The van der Waals surface area contributed by atoms with Crippen molar-refractivity contribution in [3.05, 3.63) is 29.5 Å². The summed E-state index contributed by atoms with van der Waals surface area (Å²) in [7, 11) is -7.90. The zero-order valence-corrected chi connectivity index (χ0v) is 18.3. The summed E-state index contributed by atoms with van der Waals surface area (Å²) < 4.78 is 54.4. The minimum absolute atomic E-state index is 0.0514. The van der Waals surface area contributed by atoms with Crippen LogP contribution < -0.4 is 15.9 Å². The van der Waals surface area contributed by atoms with Crippen LogP contribution in [0.3, 0.4) is 0 Å². The average molecular weight is 470 g/mol. The molecule has 3 aliphatic rings. The first-order chi connectivity index (χ1) is 14.5. The predicted molar refractivity (Wildman–Crippen MR) is 114 cm³/mol. The lowest BCUT2D eigenvalue weighted by Crippen LogP contribution is -2.55. The third kappa shape index (κ3) is 4.00. The first-order valence-corrected chi connectivity index (χ1v) is 13.1. The Kier molecular flexibility index (Phi) is 5.22. The van der Waals surface area contributed by atoms with Gasteiger partial charge in [-0.25, -0.2) is 14.3 Å². The van der Waals surface area contributed by atoms with E-state index in [0.29, 0.717) is 12.8 Å². The number of hydrogen-bond donors (Lipinski definition) is 4. The van der Waals surface area contributed by atoms with Gasteiger partial charge in [0.1, 0.15) is 16.2 Å². The molecule has 2 unspecified atom stereocenters. The Balaban J connectivity index is 1.77. The molecule has 2 atom stereocenters. The lowest BCUT2D eigenvalue weighted by Gasteiger charge is -2.38. The summed E-state index contributed by atoms with van der Waals surface area (Å²) in [6, 6.07) is 3.51. The van der Waals surface area contributed by atoms with Gasteiger partial charge in [-0.05, 0) is 31.0 Å². The lowest BCUT2D eigenvalue weighted by atomic mass is 9.85. The van der Waals surface area contributed by atoms with Crippen molar-refractivity contribution in [3.8, 4) is 0 Å². The minimum atomic E-state index is -4.29. The normalized spacial score (nSPS) is 25.7. The van der Waals surface area contributed by atoms with Gasteiger partial charge in [0.25, 0.3) is 15.9 Å². The molecular weight excluding hydrogens is 446 g/mol. The number of nitrogens with one attached hydrogen (secondary N) is 2. The number of rotatable bonds is 3. The van der Waals surface area contributed by atoms with Crippen molar-refractivity contribution in [2.45, 2.75) is 43.0 Å². The van der Waals surface area contributed by atoms with Crippen LogP contribution in [-0.4, -0.2) is 51.0 Å². The van der Waals surface area contributed by atoms with Crippen LogP contribution in [0.15, 0.2) is 38.8 Å². The number of aliphatic hydroxyl groups excluding tert-OH is 1. The highest BCUT2D eigenvalue weighted by molar-refractivity contribution is 7.92. The Morgan fingerprint density at radius 1 is 1.26 bits per heavy atom. The third-order valence-corrected chi connectivity index (χ3v) is 7.58. The lowest BCUT2D eigenvalue weighted by molar-refractivity contribution is -0.132. The molecule has 2 aliphatic heterocycles. The summed E-state index contributed by atoms with van der Waals surface area (Å²) in [6.45, 7) is 0. The van der Waals surface area contributed by atoms with E-state index in [0.717, 1.165) is 36.6 Å². The van der Waals surface area contributed by atoms with Gasteiger partial charge in [0, 0.05) is 11.6 Å². The molecule has 2 heterocycles. The van der Waals surface area contributed by atoms with E-state index in [4.69, 9.17) is 5.84 Å². The molecule has 0 aromatic heterocycles. The van der Waals surface area contributed by atoms with Gasteiger partial charge in [0.2, 0.25) is 10.0 Å². The number of fused-ring (bicyclic) bond motifs is 2. The molecule has 1 saturated carbocycles. The maximum Gasteiger partial charge on any atom is 0.286 e. The minimum Gasteiger partial charge on any atom is -0.511 e. The molecule has 168 valence electrons. The SMILES string of the molecule is CS(=O)(=O)Nc1ccc2c(c1)S(=O)(=O)N=C(C1=C(O)C3CCCCCC3N(N)C1=O)N2. The molecule has 31 heavy (non-hydrogen) atoms. The Labute approximate surface area is 180 Å². The molecule has 1 fully saturated rings. The molecular formula is C18H23N5O6S2. The van der Waals surface area contributed by atoms with Crippen molar-refractivity contribution >= 4 is 43.2 Å². The van der Waals surface area contributed by atoms with Gasteiger partial charge < -0.3 is 10.4 Å². The topological polar surface area (TPSA) is 171 Å². The van der Waals surface area contributed by atoms with Crippen molar-refractivity contribution in [2.24, 2.45) is 16.2 Å². The van der Waals surface area contributed by atoms with Crippen molar-refractivity contribution < 1.29 is 26.7 Å². The van der Waals surface area contributed by atoms with Gasteiger partial charge in [0.15, 0.2) is 5.84 Å². The Hall–Kier alpha value is -2.64. The van der Waals surface area contributed by atoms with Gasteiger partial charge >= 0.3 is 0 Å². The fraction of sp³-hybridized carbons (Fsp3) is 0.444. The van der Waals surface area contributed by atoms with Crippen LogP contribution in [0.5, 0.6) is 0 Å². The molecule has 1 aliphatic carbocycles. The van der Waals surface area contributed by atoms with E-state index in [1.165, 1.54) is 12.1 Å². The van der Waals surface area contributed by atoms with E-state index < -0.39 is 31.9 Å². The number of amidine groups is 1. The van der Waals surface area contributed by atoms with Crippen LogP contribution in [0.4, 0.5) is 11.4 Å². The van der Waals surface area contributed by atoms with Crippen LogP contribution in [-0.2, 0) is 24.8 Å². The number of benzene rings is 1. The number of hydrogen-bond acceptors (Lipinski definition) is 8. The molecule has 0 bridgehead atoms. The van der Waals surface area contributed by atoms with Crippen molar-refractivity contribution in [1.29, 1.82) is 0 Å². The van der Waals surface area contributed by atoms with Gasteiger partial charge in [-0.1, -0.05) is 19.3 Å². The maximum absolute atomic E-state index is 12.9. The van der Waals surface area contributed by atoms with Gasteiger partial charge in [-0.15, -0.1) is 4.40 Å². The second kappa shape index (κ2) is 7.50. The number of amides is 1. The monoisotopic (exact) mass is 469 g/mol. The fourth-order valence-electron chi connectivity index (χ4n) is 4.28. The zero-order chi connectivity index (χ0) is 22.6. The Bertz CT molecular complexity index is 1220. The quantitative estimate of drug-likeness (QED) is 0.376. The number of hydrazine groups is 1. The largest absolute Gasteiger partial charge is 0.511 e. The molecule has 0 radical (unpaired) electrons. The molecule has 1 amide bonds. The summed E-state index contributed by atoms with van der Waals surface area (Å²) in [6.07, 6.45) is 4.92. The molecule has 0 spiro atoms. The van der Waals surface area contributed by atoms with Gasteiger partial charge in [-0.3, -0.25) is 14.5 Å². The number of carbonyl (C=O) groups excluding carboxylic acids is 1. The summed E-state index contributed by atoms with van der Waals surface area (Å²) in [4.78, 5) is 12.7. The maximum atomic E-state index is 12.9. The molecule has 1 aromatic rings. The summed E-state index contributed by atoms with van der Waals surface area (Å²) >= 11 is 0. The molecule has 5 N–H and O–H groups in total. The van der Waals surface area contributed by atoms with Crippen LogP contribution in [0.2, 0.25) is 0 Å². The first kappa shape index (κ1) is 21.6. The fourth-order valence-corrected chi connectivity index (χ4v) is 5.99. The van der Waals surface area contributed by atoms with Gasteiger partial charge in [0.05, 0.1) is 18.0 Å². The molecule has 13 heteroatoms. The number of anilines is 2. The predicted octanol–water partition coefficient (Wildman–Crippen LogP) is 1.05. The third-order valence-electron chi connectivity index (χ3n) is 5.66. The number of sulfonamides is 2. The van der Waals surface area contributed by atoms with E-state index in [9.17, 15) is 26.7 Å². The molecule has 4 rings (SSSR count). The van der Waals surface area contributed by atoms with Crippen molar-refractivity contribution in [2.75, 3.05) is 16.3 Å². The summed E-state index contributed by atoms with van der Waals surface area (Å²) in [5, 5.41) is 14.7. The molecule has 0 saturated heterocycles. The second-order valence-electron chi connectivity index (χ2n) is 7.91. The number of nitrogens with two attached hydrogens (primary N) is 1. The number of nitrogens with zero attached hydrogens (tertiary/aromatic N) is 2. The van der Waals surface area contributed by atoms with E-state index >= 15 is 0 Å². The Morgan fingerprint density at radius 3 is 2.68 bits per heavy atom. The highest BCUT2D eigenvalue weighted by Gasteiger charge is 2.44.